The average Bonchev–Trinajstić information content (AvgIpc) is 2.03. The van der Waals surface area contributed by atoms with Crippen LogP contribution in [0.3, 0.4) is 0 Å². The molecule has 1 rings (SSSR count). The van der Waals surface area contributed by atoms with E-state index in [1.165, 1.54) is 0 Å². The van der Waals surface area contributed by atoms with Gasteiger partial charge in [0, 0.05) is 12.1 Å². The summed E-state index contributed by atoms with van der Waals surface area (Å²) in [4.78, 5) is 0. The Hall–Kier alpha value is -0.0800. The highest BCUT2D eigenvalue weighted by Crippen LogP contribution is 2.27. The van der Waals surface area contributed by atoms with E-state index in [0.29, 0.717) is 6.10 Å². The summed E-state index contributed by atoms with van der Waals surface area (Å²) in [7, 11) is 0. The van der Waals surface area contributed by atoms with Crippen molar-refractivity contribution in [2.75, 3.05) is 6.61 Å². The topological polar surface area (TPSA) is 35.2 Å². The maximum Gasteiger partial charge on any atom is 0.0576 e. The first-order valence-corrected chi connectivity index (χ1v) is 5.04. The summed E-state index contributed by atoms with van der Waals surface area (Å²) in [5.41, 5.74) is 6.09. The Morgan fingerprint density at radius 1 is 1.42 bits per heavy atom. The molecule has 2 N–H and O–H groups in total. The van der Waals surface area contributed by atoms with E-state index < -0.39 is 0 Å². The molecule has 0 heterocycles. The lowest BCUT2D eigenvalue weighted by atomic mass is 9.83. The lowest BCUT2D eigenvalue weighted by Crippen LogP contribution is -2.41. The van der Waals surface area contributed by atoms with Crippen molar-refractivity contribution in [3.05, 3.63) is 0 Å². The normalized spacial score (nSPS) is 36.8. The number of hydrogen-bond donors (Lipinski definition) is 1. The molecule has 1 aliphatic carbocycles. The molecule has 0 spiro atoms. The molecule has 0 aromatic carbocycles. The van der Waals surface area contributed by atoms with E-state index in [9.17, 15) is 0 Å². The van der Waals surface area contributed by atoms with Crippen molar-refractivity contribution in [3.63, 3.8) is 0 Å². The van der Waals surface area contributed by atoms with Crippen LogP contribution in [0.5, 0.6) is 0 Å². The minimum absolute atomic E-state index is 0.0755. The Labute approximate surface area is 75.5 Å². The van der Waals surface area contributed by atoms with Crippen molar-refractivity contribution in [2.24, 2.45) is 5.73 Å². The summed E-state index contributed by atoms with van der Waals surface area (Å²) >= 11 is 0. The van der Waals surface area contributed by atoms with Gasteiger partial charge in [0.2, 0.25) is 0 Å². The second-order valence-electron chi connectivity index (χ2n) is 4.22. The molecule has 0 aliphatic heterocycles. The fraction of sp³-hybridized carbons (Fsp3) is 1.00. The van der Waals surface area contributed by atoms with Crippen LogP contribution in [0.4, 0.5) is 0 Å². The fourth-order valence-electron chi connectivity index (χ4n) is 1.70. The van der Waals surface area contributed by atoms with Gasteiger partial charge in [-0.3, -0.25) is 0 Å². The predicted octanol–water partition coefficient (Wildman–Crippen LogP) is 2.07. The minimum atomic E-state index is 0.0755. The summed E-state index contributed by atoms with van der Waals surface area (Å²) in [6, 6.07) is 0. The molecule has 2 nitrogen and oxygen atoms in total. The molecule has 0 unspecified atom stereocenters. The van der Waals surface area contributed by atoms with E-state index in [-0.39, 0.29) is 5.54 Å². The molecule has 1 aliphatic rings. The van der Waals surface area contributed by atoms with Gasteiger partial charge < -0.3 is 10.5 Å². The van der Waals surface area contributed by atoms with Crippen LogP contribution in [-0.4, -0.2) is 18.2 Å². The van der Waals surface area contributed by atoms with Gasteiger partial charge in [-0.15, -0.1) is 0 Å². The average molecular weight is 171 g/mol. The number of nitrogens with two attached hydrogens (primary N) is 1. The van der Waals surface area contributed by atoms with Gasteiger partial charge in [-0.2, -0.15) is 0 Å². The second-order valence-corrected chi connectivity index (χ2v) is 4.22. The Bertz CT molecular complexity index is 124. The van der Waals surface area contributed by atoms with Crippen LogP contribution < -0.4 is 5.73 Å². The monoisotopic (exact) mass is 171 g/mol. The van der Waals surface area contributed by atoms with Crippen molar-refractivity contribution < 1.29 is 4.74 Å². The van der Waals surface area contributed by atoms with Crippen LogP contribution in [-0.2, 0) is 4.74 Å². The third-order valence-corrected chi connectivity index (χ3v) is 2.63. The number of hydrogen-bond acceptors (Lipinski definition) is 2. The van der Waals surface area contributed by atoms with E-state index in [2.05, 4.69) is 13.8 Å². The highest BCUT2D eigenvalue weighted by atomic mass is 16.5. The van der Waals surface area contributed by atoms with E-state index in [1.807, 2.05) is 0 Å². The zero-order chi connectivity index (χ0) is 9.03. The maximum atomic E-state index is 6.01. The summed E-state index contributed by atoms with van der Waals surface area (Å²) in [5.74, 6) is 0. The molecule has 1 fully saturated rings. The molecule has 0 atom stereocenters. The highest BCUT2D eigenvalue weighted by Gasteiger charge is 2.27. The Kier molecular flexibility index (Phi) is 3.53. The molecule has 0 aromatic heterocycles. The standard InChI is InChI=1S/C10H21NO/c1-3-8-12-9-4-6-10(2,11)7-5-9/h9H,3-8,11H2,1-2H3. The van der Waals surface area contributed by atoms with Crippen molar-refractivity contribution in [2.45, 2.75) is 57.6 Å². The van der Waals surface area contributed by atoms with E-state index in [4.69, 9.17) is 10.5 Å². The second kappa shape index (κ2) is 4.24. The van der Waals surface area contributed by atoms with Crippen molar-refractivity contribution in [1.82, 2.24) is 0 Å². The molecule has 0 saturated heterocycles. The summed E-state index contributed by atoms with van der Waals surface area (Å²) in [6.45, 7) is 5.20. The molecule has 0 bridgehead atoms. The molecule has 12 heavy (non-hydrogen) atoms. The van der Waals surface area contributed by atoms with Crippen molar-refractivity contribution in [3.8, 4) is 0 Å². The Balaban J connectivity index is 2.18. The van der Waals surface area contributed by atoms with E-state index in [0.717, 1.165) is 38.7 Å². The summed E-state index contributed by atoms with van der Waals surface area (Å²) in [6.07, 6.45) is 6.13. The van der Waals surface area contributed by atoms with Crippen LogP contribution in [0.2, 0.25) is 0 Å². The van der Waals surface area contributed by atoms with Gasteiger partial charge in [-0.05, 0) is 39.0 Å². The van der Waals surface area contributed by atoms with Gasteiger partial charge in [0.1, 0.15) is 0 Å². The largest absolute Gasteiger partial charge is 0.378 e. The zero-order valence-electron chi connectivity index (χ0n) is 8.31. The summed E-state index contributed by atoms with van der Waals surface area (Å²) < 4.78 is 5.67. The third-order valence-electron chi connectivity index (χ3n) is 2.63. The van der Waals surface area contributed by atoms with Gasteiger partial charge in [0.05, 0.1) is 6.10 Å². The molecule has 0 radical (unpaired) electrons. The molecule has 72 valence electrons. The molecular formula is C10H21NO. The lowest BCUT2D eigenvalue weighted by Gasteiger charge is -2.33. The predicted molar refractivity (Wildman–Crippen MR) is 51.1 cm³/mol. The van der Waals surface area contributed by atoms with Gasteiger partial charge in [-0.1, -0.05) is 6.92 Å². The number of rotatable bonds is 3. The minimum Gasteiger partial charge on any atom is -0.378 e. The summed E-state index contributed by atoms with van der Waals surface area (Å²) in [5, 5.41) is 0. The van der Waals surface area contributed by atoms with Gasteiger partial charge in [0.15, 0.2) is 0 Å². The zero-order valence-corrected chi connectivity index (χ0v) is 8.31. The smallest absolute Gasteiger partial charge is 0.0576 e. The third kappa shape index (κ3) is 3.11. The Morgan fingerprint density at radius 2 is 2.00 bits per heavy atom. The first kappa shape index (κ1) is 10.0. The molecule has 0 aromatic rings. The van der Waals surface area contributed by atoms with Crippen LogP contribution in [0, 0.1) is 0 Å². The lowest BCUT2D eigenvalue weighted by molar-refractivity contribution is 0.0159. The Morgan fingerprint density at radius 3 is 2.50 bits per heavy atom. The van der Waals surface area contributed by atoms with Crippen LogP contribution in [0.15, 0.2) is 0 Å². The molecule has 1 saturated carbocycles. The first-order chi connectivity index (χ1) is 5.64. The van der Waals surface area contributed by atoms with Gasteiger partial charge in [0.25, 0.3) is 0 Å². The molecule has 0 amide bonds. The SMILES string of the molecule is CCCOC1CCC(C)(N)CC1. The van der Waals surface area contributed by atoms with Crippen molar-refractivity contribution in [1.29, 1.82) is 0 Å². The molecular weight excluding hydrogens is 150 g/mol. The molecule has 2 heteroatoms. The van der Waals surface area contributed by atoms with Gasteiger partial charge >= 0.3 is 0 Å². The van der Waals surface area contributed by atoms with Crippen molar-refractivity contribution >= 4 is 0 Å². The van der Waals surface area contributed by atoms with E-state index in [1.54, 1.807) is 0 Å². The van der Waals surface area contributed by atoms with Gasteiger partial charge in [-0.25, -0.2) is 0 Å². The quantitative estimate of drug-likeness (QED) is 0.705. The van der Waals surface area contributed by atoms with E-state index >= 15 is 0 Å². The fourth-order valence-corrected chi connectivity index (χ4v) is 1.70. The van der Waals surface area contributed by atoms with Crippen LogP contribution in [0.25, 0.3) is 0 Å². The maximum absolute atomic E-state index is 6.01. The first-order valence-electron chi connectivity index (χ1n) is 5.04. The number of ether oxygens (including phenoxy) is 1. The van der Waals surface area contributed by atoms with Crippen LogP contribution >= 0.6 is 0 Å². The highest BCUT2D eigenvalue weighted by molar-refractivity contribution is 4.85. The van der Waals surface area contributed by atoms with Crippen LogP contribution in [0.1, 0.15) is 46.0 Å².